The van der Waals surface area contributed by atoms with Gasteiger partial charge in [-0.3, -0.25) is 0 Å². The van der Waals surface area contributed by atoms with Gasteiger partial charge in [0, 0.05) is 23.1 Å². The van der Waals surface area contributed by atoms with Gasteiger partial charge in [0.2, 0.25) is 0 Å². The molecule has 0 aliphatic carbocycles. The number of pyridine rings is 1. The highest BCUT2D eigenvalue weighted by Crippen LogP contribution is 2.24. The van der Waals surface area contributed by atoms with Crippen molar-refractivity contribution >= 4 is 21.6 Å². The van der Waals surface area contributed by atoms with E-state index in [-0.39, 0.29) is 0 Å². The van der Waals surface area contributed by atoms with Gasteiger partial charge in [-0.15, -0.1) is 0 Å². The smallest absolute Gasteiger partial charge is 0.156 e. The zero-order chi connectivity index (χ0) is 11.1. The van der Waals surface area contributed by atoms with Gasteiger partial charge in [0.1, 0.15) is 0 Å². The van der Waals surface area contributed by atoms with Gasteiger partial charge in [-0.05, 0) is 48.1 Å². The van der Waals surface area contributed by atoms with Crippen molar-refractivity contribution in [1.82, 2.24) is 19.5 Å². The molecule has 1 saturated heterocycles. The lowest BCUT2D eigenvalue weighted by Crippen LogP contribution is -2.13. The van der Waals surface area contributed by atoms with Crippen molar-refractivity contribution in [2.45, 2.75) is 12.3 Å². The van der Waals surface area contributed by atoms with Crippen LogP contribution in [0.1, 0.15) is 18.2 Å². The predicted molar refractivity (Wildman–Crippen MR) is 65.5 cm³/mol. The molecule has 0 saturated carbocycles. The first kappa shape index (κ1) is 10.2. The molecule has 4 nitrogen and oxygen atoms in total. The van der Waals surface area contributed by atoms with Crippen molar-refractivity contribution in [2.24, 2.45) is 0 Å². The Kier molecular flexibility index (Phi) is 2.44. The third kappa shape index (κ3) is 1.74. The fraction of sp³-hybridized carbons (Fsp3) is 0.455. The van der Waals surface area contributed by atoms with Crippen LogP contribution in [-0.2, 0) is 0 Å². The first-order valence-corrected chi connectivity index (χ1v) is 6.22. The van der Waals surface area contributed by atoms with Crippen LogP contribution in [0, 0.1) is 0 Å². The molecule has 0 spiro atoms. The predicted octanol–water partition coefficient (Wildman–Crippen LogP) is 1.91. The van der Waals surface area contributed by atoms with Crippen LogP contribution in [0.4, 0.5) is 0 Å². The third-order valence-corrected chi connectivity index (χ3v) is 3.54. The Hall–Kier alpha value is -0.940. The van der Waals surface area contributed by atoms with E-state index in [9.17, 15) is 0 Å². The molecule has 0 N–H and O–H groups in total. The molecule has 1 fully saturated rings. The van der Waals surface area contributed by atoms with Crippen molar-refractivity contribution in [1.29, 1.82) is 0 Å². The lowest BCUT2D eigenvalue weighted by atomic mass is 10.1. The summed E-state index contributed by atoms with van der Waals surface area (Å²) in [4.78, 5) is 6.90. The molecule has 2 aromatic rings. The Morgan fingerprint density at radius 2 is 2.31 bits per heavy atom. The summed E-state index contributed by atoms with van der Waals surface area (Å²) >= 11 is 3.44. The molecule has 1 aliphatic heterocycles. The summed E-state index contributed by atoms with van der Waals surface area (Å²) in [6.45, 7) is 2.21. The average molecular weight is 281 g/mol. The maximum absolute atomic E-state index is 4.57. The van der Waals surface area contributed by atoms with Crippen molar-refractivity contribution in [3.8, 4) is 0 Å². The van der Waals surface area contributed by atoms with E-state index < -0.39 is 0 Å². The highest BCUT2D eigenvalue weighted by molar-refractivity contribution is 9.10. The summed E-state index contributed by atoms with van der Waals surface area (Å²) in [6.07, 6.45) is 3.11. The minimum Gasteiger partial charge on any atom is -0.306 e. The van der Waals surface area contributed by atoms with Gasteiger partial charge in [-0.2, -0.15) is 5.10 Å². The van der Waals surface area contributed by atoms with E-state index in [2.05, 4.69) is 38.0 Å². The summed E-state index contributed by atoms with van der Waals surface area (Å²) in [5, 5.41) is 4.54. The number of halogens is 1. The van der Waals surface area contributed by atoms with E-state index in [0.29, 0.717) is 5.92 Å². The van der Waals surface area contributed by atoms with Gasteiger partial charge >= 0.3 is 0 Å². The lowest BCUT2D eigenvalue weighted by Gasteiger charge is -2.05. The van der Waals surface area contributed by atoms with E-state index in [0.717, 1.165) is 35.5 Å². The normalized spacial score (nSPS) is 22.0. The number of hydrogen-bond acceptors (Lipinski definition) is 3. The molecule has 1 atom stereocenters. The lowest BCUT2D eigenvalue weighted by molar-refractivity contribution is 0.409. The van der Waals surface area contributed by atoms with Crippen LogP contribution in [0.25, 0.3) is 5.65 Å². The molecule has 5 heteroatoms. The van der Waals surface area contributed by atoms with Crippen LogP contribution in [0.15, 0.2) is 22.8 Å². The first-order valence-electron chi connectivity index (χ1n) is 5.43. The Morgan fingerprint density at radius 1 is 1.44 bits per heavy atom. The molecule has 0 radical (unpaired) electrons. The van der Waals surface area contributed by atoms with Crippen LogP contribution in [0.5, 0.6) is 0 Å². The summed E-state index contributed by atoms with van der Waals surface area (Å²) in [7, 11) is 2.15. The third-order valence-electron chi connectivity index (χ3n) is 3.07. The minimum atomic E-state index is 0.490. The molecular formula is C11H13BrN4. The van der Waals surface area contributed by atoms with E-state index >= 15 is 0 Å². The number of hydrogen-bond donors (Lipinski definition) is 0. The fourth-order valence-corrected chi connectivity index (χ4v) is 2.52. The van der Waals surface area contributed by atoms with E-state index in [1.54, 1.807) is 0 Å². The summed E-state index contributed by atoms with van der Waals surface area (Å²) < 4.78 is 2.87. The highest BCUT2D eigenvalue weighted by Gasteiger charge is 2.24. The molecular weight excluding hydrogens is 268 g/mol. The van der Waals surface area contributed by atoms with Crippen LogP contribution < -0.4 is 0 Å². The van der Waals surface area contributed by atoms with Crippen LogP contribution in [-0.4, -0.2) is 39.6 Å². The zero-order valence-corrected chi connectivity index (χ0v) is 10.7. The molecule has 2 aromatic heterocycles. The number of likely N-dealkylation sites (tertiary alicyclic amines) is 1. The topological polar surface area (TPSA) is 33.4 Å². The Morgan fingerprint density at radius 3 is 3.06 bits per heavy atom. The van der Waals surface area contributed by atoms with Gasteiger partial charge in [-0.25, -0.2) is 9.50 Å². The fourth-order valence-electron chi connectivity index (χ4n) is 2.19. The van der Waals surface area contributed by atoms with Gasteiger partial charge in [0.15, 0.2) is 11.5 Å². The Balaban J connectivity index is 1.99. The van der Waals surface area contributed by atoms with E-state index in [4.69, 9.17) is 0 Å². The Labute approximate surface area is 102 Å². The average Bonchev–Trinajstić information content (AvgIpc) is 2.83. The largest absolute Gasteiger partial charge is 0.306 e. The van der Waals surface area contributed by atoms with Crippen LogP contribution >= 0.6 is 15.9 Å². The second-order valence-electron chi connectivity index (χ2n) is 4.37. The summed E-state index contributed by atoms with van der Waals surface area (Å²) in [5.41, 5.74) is 0.924. The van der Waals surface area contributed by atoms with Crippen molar-refractivity contribution in [3.63, 3.8) is 0 Å². The zero-order valence-electron chi connectivity index (χ0n) is 9.10. The number of likely N-dealkylation sites (N-methyl/N-ethyl adjacent to an activating group) is 1. The second kappa shape index (κ2) is 3.82. The van der Waals surface area contributed by atoms with Gasteiger partial charge in [0.25, 0.3) is 0 Å². The molecule has 16 heavy (non-hydrogen) atoms. The van der Waals surface area contributed by atoms with Gasteiger partial charge in [-0.1, -0.05) is 0 Å². The molecule has 1 aliphatic rings. The molecule has 84 valence electrons. The monoisotopic (exact) mass is 280 g/mol. The standard InChI is InChI=1S/C11H13BrN4/c1-15-5-4-8(6-15)11-13-10-3-2-9(12)7-16(10)14-11/h2-3,7-8H,4-6H2,1H3. The molecule has 0 amide bonds. The maximum atomic E-state index is 4.57. The first-order chi connectivity index (χ1) is 7.72. The highest BCUT2D eigenvalue weighted by atomic mass is 79.9. The Bertz CT molecular complexity index is 522. The number of aromatic nitrogens is 3. The second-order valence-corrected chi connectivity index (χ2v) is 5.28. The minimum absolute atomic E-state index is 0.490. The van der Waals surface area contributed by atoms with Gasteiger partial charge in [0.05, 0.1) is 0 Å². The molecule has 3 rings (SSSR count). The number of nitrogens with zero attached hydrogens (tertiary/aromatic N) is 4. The van der Waals surface area contributed by atoms with Gasteiger partial charge < -0.3 is 4.90 Å². The quantitative estimate of drug-likeness (QED) is 0.800. The van der Waals surface area contributed by atoms with E-state index in [1.165, 1.54) is 0 Å². The molecule has 0 aromatic carbocycles. The SMILES string of the molecule is CN1CCC(c2nc3ccc(Br)cn3n2)C1. The van der Waals surface area contributed by atoms with E-state index in [1.807, 2.05) is 22.8 Å². The van der Waals surface area contributed by atoms with Crippen molar-refractivity contribution in [3.05, 3.63) is 28.6 Å². The number of fused-ring (bicyclic) bond motifs is 1. The van der Waals surface area contributed by atoms with Crippen molar-refractivity contribution in [2.75, 3.05) is 20.1 Å². The van der Waals surface area contributed by atoms with Crippen molar-refractivity contribution < 1.29 is 0 Å². The summed E-state index contributed by atoms with van der Waals surface area (Å²) in [6, 6.07) is 3.98. The maximum Gasteiger partial charge on any atom is 0.156 e. The number of rotatable bonds is 1. The summed E-state index contributed by atoms with van der Waals surface area (Å²) in [5.74, 6) is 1.46. The molecule has 3 heterocycles. The van der Waals surface area contributed by atoms with Crippen LogP contribution in [0.2, 0.25) is 0 Å². The molecule has 0 bridgehead atoms. The molecule has 1 unspecified atom stereocenters. The van der Waals surface area contributed by atoms with Crippen LogP contribution in [0.3, 0.4) is 0 Å².